The Morgan fingerprint density at radius 2 is 1.77 bits per heavy atom. The molecule has 2 amide bonds. The highest BCUT2D eigenvalue weighted by Gasteiger charge is 2.56. The highest BCUT2D eigenvalue weighted by Crippen LogP contribution is 2.55. The van der Waals surface area contributed by atoms with Crippen molar-refractivity contribution < 1.29 is 22.4 Å². The molecule has 1 spiro atoms. The van der Waals surface area contributed by atoms with Crippen molar-refractivity contribution in [2.45, 2.75) is 50.0 Å². The van der Waals surface area contributed by atoms with Crippen LogP contribution < -0.4 is 9.62 Å². The first-order chi connectivity index (χ1) is 18.5. The molecular weight excluding hydrogens is 519 g/mol. The van der Waals surface area contributed by atoms with E-state index in [4.69, 9.17) is 0 Å². The Bertz CT molecular complexity index is 1500. The number of carbonyl (C=O) groups is 2. The van der Waals surface area contributed by atoms with Crippen LogP contribution in [0.3, 0.4) is 0 Å². The number of amides is 2. The van der Waals surface area contributed by atoms with Crippen LogP contribution in [0.4, 0.5) is 15.8 Å². The molecule has 0 saturated carbocycles. The summed E-state index contributed by atoms with van der Waals surface area (Å²) >= 11 is 0. The molecule has 1 aromatic heterocycles. The van der Waals surface area contributed by atoms with Crippen LogP contribution in [0.5, 0.6) is 0 Å². The quantitative estimate of drug-likeness (QED) is 0.501. The van der Waals surface area contributed by atoms with Crippen molar-refractivity contribution in [2.75, 3.05) is 22.7 Å². The van der Waals surface area contributed by atoms with Crippen molar-refractivity contribution >= 4 is 33.2 Å². The minimum Gasteiger partial charge on any atom is -0.343 e. The maximum Gasteiger partial charge on any atom is 0.264 e. The number of sulfonamides is 1. The van der Waals surface area contributed by atoms with Crippen LogP contribution in [-0.4, -0.2) is 49.2 Å². The predicted octanol–water partition coefficient (Wildman–Crippen LogP) is 4.59. The molecule has 1 N–H and O–H groups in total. The molecule has 0 radical (unpaired) electrons. The lowest BCUT2D eigenvalue weighted by molar-refractivity contribution is -0.130. The Kier molecular flexibility index (Phi) is 6.92. The van der Waals surface area contributed by atoms with Gasteiger partial charge in [0, 0.05) is 43.5 Å². The van der Waals surface area contributed by atoms with Gasteiger partial charge in [0.15, 0.2) is 0 Å². The first-order valence-corrected chi connectivity index (χ1v) is 14.4. The molecule has 39 heavy (non-hydrogen) atoms. The van der Waals surface area contributed by atoms with Gasteiger partial charge < -0.3 is 10.2 Å². The van der Waals surface area contributed by atoms with E-state index in [0.717, 1.165) is 17.7 Å². The van der Waals surface area contributed by atoms with Gasteiger partial charge in [-0.1, -0.05) is 13.8 Å². The van der Waals surface area contributed by atoms with E-state index in [9.17, 15) is 22.4 Å². The van der Waals surface area contributed by atoms with Crippen molar-refractivity contribution in [1.82, 2.24) is 9.88 Å². The van der Waals surface area contributed by atoms with Crippen molar-refractivity contribution in [3.63, 3.8) is 0 Å². The minimum atomic E-state index is -4.06. The summed E-state index contributed by atoms with van der Waals surface area (Å²) in [5.41, 5.74) is 1.72. The number of anilines is 2. The van der Waals surface area contributed by atoms with Crippen molar-refractivity contribution in [1.29, 1.82) is 0 Å². The van der Waals surface area contributed by atoms with E-state index in [0.29, 0.717) is 42.9 Å². The Morgan fingerprint density at radius 1 is 1.08 bits per heavy atom. The molecule has 1 unspecified atom stereocenters. The second kappa shape index (κ2) is 10.1. The molecule has 0 bridgehead atoms. The molecule has 8 nitrogen and oxygen atoms in total. The van der Waals surface area contributed by atoms with E-state index in [2.05, 4.69) is 10.3 Å². The van der Waals surface area contributed by atoms with E-state index in [-0.39, 0.29) is 22.6 Å². The summed E-state index contributed by atoms with van der Waals surface area (Å²) in [5, 5.41) is 2.92. The number of nitrogens with zero attached hydrogens (tertiary/aromatic N) is 3. The average molecular weight is 551 g/mol. The summed E-state index contributed by atoms with van der Waals surface area (Å²) < 4.78 is 43.4. The summed E-state index contributed by atoms with van der Waals surface area (Å²) in [6.45, 7) is 6.52. The van der Waals surface area contributed by atoms with Crippen molar-refractivity contribution in [3.8, 4) is 0 Å². The number of hydrogen-bond donors (Lipinski definition) is 1. The van der Waals surface area contributed by atoms with E-state index >= 15 is 0 Å². The molecule has 0 aliphatic carbocycles. The van der Waals surface area contributed by atoms with Gasteiger partial charge >= 0.3 is 0 Å². The standard InChI is InChI=1S/C29H31FN4O4S/c1-19(2)27-29(12-15-33(16-13-29)20(3)35)25-17-23(32-28(36)21-5-4-14-31-18-21)8-11-26(25)34(27)39(37,38)24-9-6-22(30)7-10-24/h4-11,14,17-19,27H,12-13,15-16H2,1-3H3,(H,32,36). The van der Waals surface area contributed by atoms with Crippen LogP contribution in [0.2, 0.25) is 0 Å². The summed E-state index contributed by atoms with van der Waals surface area (Å²) in [6.07, 6.45) is 4.20. The second-order valence-electron chi connectivity index (χ2n) is 10.5. The summed E-state index contributed by atoms with van der Waals surface area (Å²) in [5.74, 6) is -0.932. The molecule has 2 aromatic carbocycles. The topological polar surface area (TPSA) is 99.7 Å². The van der Waals surface area contributed by atoms with E-state index in [1.54, 1.807) is 35.4 Å². The molecule has 5 rings (SSSR count). The summed E-state index contributed by atoms with van der Waals surface area (Å²) in [7, 11) is -4.06. The van der Waals surface area contributed by atoms with Crippen LogP contribution in [0.15, 0.2) is 71.9 Å². The number of halogens is 1. The first-order valence-electron chi connectivity index (χ1n) is 13.0. The molecule has 204 valence electrons. The number of pyridine rings is 1. The highest BCUT2D eigenvalue weighted by molar-refractivity contribution is 7.92. The molecule has 1 saturated heterocycles. The number of fused-ring (bicyclic) bond motifs is 2. The Balaban J connectivity index is 1.63. The Morgan fingerprint density at radius 3 is 2.36 bits per heavy atom. The third-order valence-corrected chi connectivity index (χ3v) is 9.68. The second-order valence-corrected chi connectivity index (χ2v) is 12.3. The van der Waals surface area contributed by atoms with Crippen LogP contribution in [-0.2, 0) is 20.2 Å². The van der Waals surface area contributed by atoms with Gasteiger partial charge in [-0.25, -0.2) is 12.8 Å². The van der Waals surface area contributed by atoms with E-state index in [1.165, 1.54) is 29.6 Å². The van der Waals surface area contributed by atoms with Gasteiger partial charge in [0.05, 0.1) is 22.2 Å². The van der Waals surface area contributed by atoms with Gasteiger partial charge in [0.2, 0.25) is 5.91 Å². The molecule has 10 heteroatoms. The van der Waals surface area contributed by atoms with Gasteiger partial charge in [0.1, 0.15) is 5.82 Å². The smallest absolute Gasteiger partial charge is 0.264 e. The molecule has 2 aliphatic rings. The number of carbonyl (C=O) groups excluding carboxylic acids is 2. The molecule has 2 aliphatic heterocycles. The Hall–Kier alpha value is -3.79. The van der Waals surface area contributed by atoms with Crippen LogP contribution >= 0.6 is 0 Å². The molecular formula is C29H31FN4O4S. The van der Waals surface area contributed by atoms with Gasteiger partial charge in [-0.3, -0.25) is 18.9 Å². The molecule has 1 fully saturated rings. The number of nitrogens with one attached hydrogen (secondary N) is 1. The molecule has 3 heterocycles. The van der Waals surface area contributed by atoms with Gasteiger partial charge in [0.25, 0.3) is 15.9 Å². The number of piperidine rings is 1. The zero-order valence-electron chi connectivity index (χ0n) is 22.1. The fourth-order valence-corrected chi connectivity index (χ4v) is 8.00. The van der Waals surface area contributed by atoms with Crippen LogP contribution in [0.1, 0.15) is 49.5 Å². The van der Waals surface area contributed by atoms with E-state index < -0.39 is 27.3 Å². The maximum atomic E-state index is 14.1. The van der Waals surface area contributed by atoms with Gasteiger partial charge in [-0.15, -0.1) is 0 Å². The SMILES string of the molecule is CC(=O)N1CCC2(CC1)c1cc(NC(=O)c3cccnc3)ccc1N(S(=O)(=O)c1ccc(F)cc1)C2C(C)C. The fourth-order valence-electron chi connectivity index (χ4n) is 6.13. The highest BCUT2D eigenvalue weighted by atomic mass is 32.2. The lowest BCUT2D eigenvalue weighted by Gasteiger charge is -2.46. The largest absolute Gasteiger partial charge is 0.343 e. The number of benzene rings is 2. The van der Waals surface area contributed by atoms with Crippen LogP contribution in [0, 0.1) is 11.7 Å². The van der Waals surface area contributed by atoms with Gasteiger partial charge in [-0.05, 0) is 78.9 Å². The maximum absolute atomic E-state index is 14.1. The predicted molar refractivity (Wildman–Crippen MR) is 146 cm³/mol. The number of likely N-dealkylation sites (tertiary alicyclic amines) is 1. The minimum absolute atomic E-state index is 0.00711. The van der Waals surface area contributed by atoms with Gasteiger partial charge in [-0.2, -0.15) is 0 Å². The zero-order chi connectivity index (χ0) is 27.9. The normalized spacial score (nSPS) is 18.3. The third-order valence-electron chi connectivity index (χ3n) is 7.87. The monoisotopic (exact) mass is 550 g/mol. The molecule has 3 aromatic rings. The lowest BCUT2D eigenvalue weighted by Crippen LogP contribution is -2.55. The van der Waals surface area contributed by atoms with Crippen molar-refractivity contribution in [2.24, 2.45) is 5.92 Å². The zero-order valence-corrected chi connectivity index (χ0v) is 22.9. The number of aromatic nitrogens is 1. The van der Waals surface area contributed by atoms with Crippen molar-refractivity contribution in [3.05, 3.63) is 83.9 Å². The first kappa shape index (κ1) is 26.8. The molecule has 1 atom stereocenters. The Labute approximate surface area is 227 Å². The summed E-state index contributed by atoms with van der Waals surface area (Å²) in [6, 6.07) is 13.1. The summed E-state index contributed by atoms with van der Waals surface area (Å²) in [4.78, 5) is 30.8. The fraction of sp³-hybridized carbons (Fsp3) is 0.345. The van der Waals surface area contributed by atoms with E-state index in [1.807, 2.05) is 19.9 Å². The number of hydrogen-bond acceptors (Lipinski definition) is 5. The number of rotatable bonds is 5. The third kappa shape index (κ3) is 4.67. The van der Waals surface area contributed by atoms with Crippen LogP contribution in [0.25, 0.3) is 0 Å². The average Bonchev–Trinajstić information content (AvgIpc) is 3.20. The lowest BCUT2D eigenvalue weighted by atomic mass is 9.66.